The number of aryl methyl sites for hydroxylation is 1. The highest BCUT2D eigenvalue weighted by Gasteiger charge is 2.71. The Bertz CT molecular complexity index is 984. The summed E-state index contributed by atoms with van der Waals surface area (Å²) in [5.74, 6) is 0. The summed E-state index contributed by atoms with van der Waals surface area (Å²) in [6.07, 6.45) is -12.1. The van der Waals surface area contributed by atoms with E-state index < -0.39 is 44.5 Å². The van der Waals surface area contributed by atoms with Crippen molar-refractivity contribution in [1.29, 1.82) is 0 Å². The van der Waals surface area contributed by atoms with Crippen molar-refractivity contribution in [1.82, 2.24) is 0 Å². The molecule has 1 N–H and O–H groups in total. The quantitative estimate of drug-likeness (QED) is 0.652. The molecule has 2 rings (SSSR count). The maximum absolute atomic E-state index is 13.1. The minimum Gasteiger partial charge on any atom is -0.369 e. The van der Waals surface area contributed by atoms with Crippen molar-refractivity contribution in [2.24, 2.45) is 0 Å². The number of hydrogen-bond acceptors (Lipinski definition) is 3. The van der Waals surface area contributed by atoms with E-state index in [0.29, 0.717) is 24.3 Å². The zero-order valence-corrected chi connectivity index (χ0v) is 16.9. The van der Waals surface area contributed by atoms with Crippen LogP contribution in [0.2, 0.25) is 0 Å². The summed E-state index contributed by atoms with van der Waals surface area (Å²) < 4.78 is 105. The molecular weight excluding hydrogens is 436 g/mol. The van der Waals surface area contributed by atoms with Gasteiger partial charge in [0.25, 0.3) is 15.6 Å². The molecule has 0 atom stereocenters. The Kier molecular flexibility index (Phi) is 6.22. The topological polar surface area (TPSA) is 57.6 Å². The second-order valence-corrected chi connectivity index (χ2v) is 8.78. The number of sulfonamides is 1. The first-order valence-corrected chi connectivity index (χ1v) is 10.0. The Balaban J connectivity index is 2.57. The minimum absolute atomic E-state index is 0.288. The standard InChI is InChI=1S/C19H19F6NO3S/c1-12(2)26(15-6-4-5-13(3)11-15)30(28,29)16-9-7-14(8-10-16)17(27,18(20,21)22)19(23,24)25/h4-12,27H,1-3H3. The van der Waals surface area contributed by atoms with Crippen molar-refractivity contribution in [2.75, 3.05) is 4.31 Å². The molecule has 4 nitrogen and oxygen atoms in total. The van der Waals surface area contributed by atoms with Gasteiger partial charge in [-0.1, -0.05) is 24.3 Å². The van der Waals surface area contributed by atoms with E-state index >= 15 is 0 Å². The summed E-state index contributed by atoms with van der Waals surface area (Å²) in [7, 11) is -4.31. The third-order valence-electron chi connectivity index (χ3n) is 4.37. The number of halogens is 6. The molecule has 0 unspecified atom stereocenters. The number of nitrogens with zero attached hydrogens (tertiary/aromatic N) is 1. The molecule has 0 fully saturated rings. The third-order valence-corrected chi connectivity index (χ3v) is 6.39. The molecule has 0 aliphatic rings. The second-order valence-electron chi connectivity index (χ2n) is 6.96. The van der Waals surface area contributed by atoms with Crippen molar-refractivity contribution in [2.45, 2.75) is 49.7 Å². The molecule has 0 aliphatic carbocycles. The first kappa shape index (κ1) is 24.0. The number of benzene rings is 2. The molecule has 0 amide bonds. The lowest BCUT2D eigenvalue weighted by molar-refractivity contribution is -0.376. The second kappa shape index (κ2) is 7.77. The fraction of sp³-hybridized carbons (Fsp3) is 0.368. The highest BCUT2D eigenvalue weighted by Crippen LogP contribution is 2.50. The molecule has 0 aromatic heterocycles. The van der Waals surface area contributed by atoms with Crippen molar-refractivity contribution in [3.8, 4) is 0 Å². The van der Waals surface area contributed by atoms with Crippen LogP contribution in [0, 0.1) is 6.92 Å². The SMILES string of the molecule is Cc1cccc(N(C(C)C)S(=O)(=O)c2ccc(C(O)(C(F)(F)F)C(F)(F)F)cc2)c1. The molecule has 2 aromatic carbocycles. The average Bonchev–Trinajstić information content (AvgIpc) is 2.58. The highest BCUT2D eigenvalue weighted by atomic mass is 32.2. The van der Waals surface area contributed by atoms with Gasteiger partial charge in [0, 0.05) is 11.6 Å². The lowest BCUT2D eigenvalue weighted by Crippen LogP contribution is -2.53. The Morgan fingerprint density at radius 2 is 1.40 bits per heavy atom. The van der Waals surface area contributed by atoms with Gasteiger partial charge in [0.2, 0.25) is 0 Å². The maximum atomic E-state index is 13.1. The number of aliphatic hydroxyl groups is 1. The van der Waals surface area contributed by atoms with Gasteiger partial charge in [0.15, 0.2) is 0 Å². The van der Waals surface area contributed by atoms with Crippen LogP contribution in [0.3, 0.4) is 0 Å². The summed E-state index contributed by atoms with van der Waals surface area (Å²) in [5.41, 5.74) is -5.62. The van der Waals surface area contributed by atoms with E-state index in [0.717, 1.165) is 9.87 Å². The normalized spacial score (nSPS) is 13.6. The van der Waals surface area contributed by atoms with Crippen LogP contribution in [0.1, 0.15) is 25.0 Å². The van der Waals surface area contributed by atoms with Crippen molar-refractivity contribution >= 4 is 15.7 Å². The van der Waals surface area contributed by atoms with Gasteiger partial charge >= 0.3 is 12.4 Å². The molecule has 0 spiro atoms. The largest absolute Gasteiger partial charge is 0.430 e. The molecule has 0 radical (unpaired) electrons. The smallest absolute Gasteiger partial charge is 0.369 e. The van der Waals surface area contributed by atoms with Crippen LogP contribution in [0.4, 0.5) is 32.0 Å². The van der Waals surface area contributed by atoms with Crippen LogP contribution >= 0.6 is 0 Å². The van der Waals surface area contributed by atoms with Gasteiger partial charge in [-0.3, -0.25) is 4.31 Å². The summed E-state index contributed by atoms with van der Waals surface area (Å²) in [4.78, 5) is -0.520. The van der Waals surface area contributed by atoms with Gasteiger partial charge < -0.3 is 5.11 Å². The lowest BCUT2D eigenvalue weighted by atomic mass is 9.92. The molecule has 0 aliphatic heterocycles. The predicted octanol–water partition coefficient (Wildman–Crippen LogP) is 4.91. The van der Waals surface area contributed by atoms with Gasteiger partial charge in [-0.05, 0) is 50.6 Å². The Morgan fingerprint density at radius 3 is 1.80 bits per heavy atom. The van der Waals surface area contributed by atoms with Crippen LogP contribution in [-0.4, -0.2) is 31.9 Å². The fourth-order valence-electron chi connectivity index (χ4n) is 2.95. The number of alkyl halides is 6. The molecule has 0 heterocycles. The number of anilines is 1. The van der Waals surface area contributed by atoms with Crippen LogP contribution in [0.5, 0.6) is 0 Å². The maximum Gasteiger partial charge on any atom is 0.430 e. The molecule has 2 aromatic rings. The van der Waals surface area contributed by atoms with Crippen molar-refractivity contribution < 1.29 is 39.9 Å². The monoisotopic (exact) mass is 455 g/mol. The molecule has 0 bridgehead atoms. The number of rotatable bonds is 5. The van der Waals surface area contributed by atoms with E-state index in [1.165, 1.54) is 6.07 Å². The molecule has 0 saturated heterocycles. The highest BCUT2D eigenvalue weighted by molar-refractivity contribution is 7.92. The van der Waals surface area contributed by atoms with Crippen LogP contribution in [0.25, 0.3) is 0 Å². The van der Waals surface area contributed by atoms with Gasteiger partial charge in [0.05, 0.1) is 10.6 Å². The summed E-state index contributed by atoms with van der Waals surface area (Å²) in [5, 5.41) is 9.45. The van der Waals surface area contributed by atoms with Crippen LogP contribution in [0.15, 0.2) is 53.4 Å². The van der Waals surface area contributed by atoms with Crippen LogP contribution in [-0.2, 0) is 15.6 Å². The predicted molar refractivity (Wildman–Crippen MR) is 98.4 cm³/mol. The lowest BCUT2D eigenvalue weighted by Gasteiger charge is -2.33. The summed E-state index contributed by atoms with van der Waals surface area (Å²) in [6.45, 7) is 4.87. The summed E-state index contributed by atoms with van der Waals surface area (Å²) >= 11 is 0. The Hall–Kier alpha value is -2.27. The fourth-order valence-corrected chi connectivity index (χ4v) is 4.60. The van der Waals surface area contributed by atoms with E-state index in [2.05, 4.69) is 0 Å². The van der Waals surface area contributed by atoms with Gasteiger partial charge in [-0.15, -0.1) is 0 Å². The Morgan fingerprint density at radius 1 is 0.900 bits per heavy atom. The zero-order valence-electron chi connectivity index (χ0n) is 16.1. The van der Waals surface area contributed by atoms with Gasteiger partial charge in [0.1, 0.15) is 0 Å². The van der Waals surface area contributed by atoms with Crippen LogP contribution < -0.4 is 4.31 Å². The van der Waals surface area contributed by atoms with Gasteiger partial charge in [-0.2, -0.15) is 26.3 Å². The van der Waals surface area contributed by atoms with E-state index in [4.69, 9.17) is 0 Å². The van der Waals surface area contributed by atoms with Crippen molar-refractivity contribution in [3.05, 3.63) is 59.7 Å². The molecule has 166 valence electrons. The first-order valence-electron chi connectivity index (χ1n) is 8.61. The van der Waals surface area contributed by atoms with E-state index in [1.54, 1.807) is 39.0 Å². The van der Waals surface area contributed by atoms with E-state index in [1.807, 2.05) is 0 Å². The van der Waals surface area contributed by atoms with Gasteiger partial charge in [-0.25, -0.2) is 8.42 Å². The average molecular weight is 455 g/mol. The molecule has 11 heteroatoms. The van der Waals surface area contributed by atoms with E-state index in [9.17, 15) is 39.9 Å². The first-order chi connectivity index (χ1) is 13.5. The summed E-state index contributed by atoms with van der Waals surface area (Å²) in [6, 6.07) is 7.69. The zero-order chi connectivity index (χ0) is 23.1. The molecular formula is C19H19F6NO3S. The molecule has 0 saturated carbocycles. The van der Waals surface area contributed by atoms with Crippen molar-refractivity contribution in [3.63, 3.8) is 0 Å². The van der Waals surface area contributed by atoms with E-state index in [-0.39, 0.29) is 5.69 Å². The minimum atomic E-state index is -6.06. The molecule has 30 heavy (non-hydrogen) atoms. The Labute approximate surface area is 169 Å². The third kappa shape index (κ3) is 4.13. The number of hydrogen-bond donors (Lipinski definition) is 1.